The van der Waals surface area contributed by atoms with Crippen LogP contribution >= 0.6 is 11.3 Å². The van der Waals surface area contributed by atoms with Crippen molar-refractivity contribution in [2.24, 2.45) is 11.8 Å². The zero-order valence-corrected chi connectivity index (χ0v) is 47.8. The average molecular weight is 1130 g/mol. The van der Waals surface area contributed by atoms with Crippen molar-refractivity contribution in [2.75, 3.05) is 64.4 Å². The highest BCUT2D eigenvalue weighted by Crippen LogP contribution is 2.39. The number of carbonyl (C=O) groups excluding carboxylic acids is 3. The van der Waals surface area contributed by atoms with Crippen LogP contribution in [0, 0.1) is 54.1 Å². The molecule has 2 bridgehead atoms. The van der Waals surface area contributed by atoms with Crippen LogP contribution in [0.25, 0.3) is 43.4 Å². The van der Waals surface area contributed by atoms with Crippen LogP contribution in [-0.2, 0) is 14.4 Å². The number of fused-ring (bicyclic) bond motifs is 4. The Labute approximate surface area is 476 Å². The van der Waals surface area contributed by atoms with Gasteiger partial charge in [-0.2, -0.15) is 15.2 Å². The van der Waals surface area contributed by atoms with E-state index in [0.717, 1.165) is 94.8 Å². The van der Waals surface area contributed by atoms with E-state index < -0.39 is 17.7 Å². The normalized spacial score (nSPS) is 20.7. The van der Waals surface area contributed by atoms with E-state index >= 15 is 4.39 Å². The number of rotatable bonds is 13. The molecule has 0 saturated carbocycles. The Morgan fingerprint density at radius 1 is 1.00 bits per heavy atom. The molecule has 3 aromatic heterocycles. The number of aromatic nitrogens is 4. The second-order valence-electron chi connectivity index (χ2n) is 22.1. The van der Waals surface area contributed by atoms with Crippen molar-refractivity contribution in [3.05, 3.63) is 88.7 Å². The Morgan fingerprint density at radius 3 is 2.37 bits per heavy atom. The molecule has 0 aliphatic carbocycles. The third-order valence-corrected chi connectivity index (χ3v) is 16.2. The van der Waals surface area contributed by atoms with Gasteiger partial charge in [-0.3, -0.25) is 19.4 Å². The molecule has 3 aromatic carbocycles. The molecule has 11 rings (SSSR count). The van der Waals surface area contributed by atoms with Gasteiger partial charge in [0.05, 0.1) is 58.3 Å². The maximum Gasteiger partial charge on any atom is 0.318 e. The van der Waals surface area contributed by atoms with Crippen LogP contribution in [0.5, 0.6) is 11.8 Å². The molecular formula is C61H73F2N11O6S. The first kappa shape index (κ1) is 59.8. The monoisotopic (exact) mass is 1130 g/mol. The van der Waals surface area contributed by atoms with Crippen molar-refractivity contribution in [1.82, 2.24) is 45.3 Å². The highest BCUT2D eigenvalue weighted by atomic mass is 32.1. The van der Waals surface area contributed by atoms with E-state index in [-0.39, 0.29) is 75.8 Å². The van der Waals surface area contributed by atoms with Crippen molar-refractivity contribution in [3.63, 3.8) is 0 Å². The van der Waals surface area contributed by atoms with E-state index in [1.54, 1.807) is 21.1 Å². The number of aliphatic hydroxyl groups excluding tert-OH is 1. The maximum atomic E-state index is 16.1. The van der Waals surface area contributed by atoms with E-state index in [2.05, 4.69) is 85.3 Å². The molecule has 5 aliphatic heterocycles. The Kier molecular flexibility index (Phi) is 20.2. The fraction of sp³-hybridized carbons (Fsp3) is 0.475. The molecule has 3 amide bonds. The topological polar surface area (TPSA) is 213 Å². The van der Waals surface area contributed by atoms with Gasteiger partial charge in [0, 0.05) is 74.4 Å². The SMILES string of the molecule is C#Cc1c(F)ccc2cc(O)cc(-c3ncc4c(N5CC6CCC(C5)N6)nc(OC)nc4c3F)c12.CC(C)C.Cc1ncsc1-c1ccc(C(C)NC=O)cc1.N#CC1CCN(CCCC2CCC(=O)N2CC(=O)N2CCC(O)C2)C1. The summed E-state index contributed by atoms with van der Waals surface area (Å²) in [5.41, 5.74) is 5.25. The third-order valence-electron chi connectivity index (χ3n) is 15.3. The molecule has 8 heterocycles. The summed E-state index contributed by atoms with van der Waals surface area (Å²) in [4.78, 5) is 61.4. The van der Waals surface area contributed by atoms with Crippen molar-refractivity contribution < 1.29 is 38.1 Å². The number of aromatic hydroxyl groups is 1. The predicted octanol–water partition coefficient (Wildman–Crippen LogP) is 8.54. The van der Waals surface area contributed by atoms with Crippen LogP contribution in [-0.4, -0.2) is 147 Å². The number of methoxy groups -OCH3 is 1. The summed E-state index contributed by atoms with van der Waals surface area (Å²) < 4.78 is 35.9. The molecule has 81 heavy (non-hydrogen) atoms. The number of likely N-dealkylation sites (tertiary alicyclic amines) is 3. The molecule has 0 spiro atoms. The summed E-state index contributed by atoms with van der Waals surface area (Å²) >= 11 is 1.64. The van der Waals surface area contributed by atoms with Gasteiger partial charge in [-0.05, 0) is 113 Å². The van der Waals surface area contributed by atoms with Crippen LogP contribution in [0.4, 0.5) is 14.6 Å². The molecule has 4 N–H and O–H groups in total. The molecule has 0 radical (unpaired) electrons. The van der Waals surface area contributed by atoms with Crippen LogP contribution in [0.15, 0.2) is 60.2 Å². The lowest BCUT2D eigenvalue weighted by atomic mass is 9.96. The Hall–Kier alpha value is -7.36. The van der Waals surface area contributed by atoms with Gasteiger partial charge < -0.3 is 45.2 Å². The van der Waals surface area contributed by atoms with Gasteiger partial charge in [-0.1, -0.05) is 57.0 Å². The van der Waals surface area contributed by atoms with Gasteiger partial charge in [-0.15, -0.1) is 17.8 Å². The number of aliphatic hydroxyl groups is 1. The smallest absolute Gasteiger partial charge is 0.318 e. The number of hydrogen-bond acceptors (Lipinski definition) is 15. The average Bonchev–Trinajstić information content (AvgIpc) is 4.39. The van der Waals surface area contributed by atoms with E-state index in [4.69, 9.17) is 16.4 Å². The number of carbonyl (C=O) groups is 3. The number of halogens is 2. The lowest BCUT2D eigenvalue weighted by Crippen LogP contribution is -2.51. The summed E-state index contributed by atoms with van der Waals surface area (Å²) in [7, 11) is 1.43. The zero-order valence-electron chi connectivity index (χ0n) is 47.0. The summed E-state index contributed by atoms with van der Waals surface area (Å²) in [6.07, 6.45) is 14.4. The number of amides is 3. The number of piperazine rings is 1. The number of β-amino-alcohol motifs (C(OH)–C–C–N with tert-alkyl or cyclic N) is 1. The van der Waals surface area contributed by atoms with Crippen LogP contribution in [0.1, 0.15) is 102 Å². The lowest BCUT2D eigenvalue weighted by molar-refractivity contribution is -0.139. The van der Waals surface area contributed by atoms with Crippen molar-refractivity contribution in [1.29, 1.82) is 5.26 Å². The minimum atomic E-state index is -0.735. The Balaban J connectivity index is 0.000000163. The van der Waals surface area contributed by atoms with Gasteiger partial charge in [0.25, 0.3) is 0 Å². The second kappa shape index (κ2) is 27.4. The molecular weight excluding hydrogens is 1050 g/mol. The fourth-order valence-corrected chi connectivity index (χ4v) is 12.0. The van der Waals surface area contributed by atoms with Crippen molar-refractivity contribution in [3.8, 4) is 51.9 Å². The number of hydrogen-bond donors (Lipinski definition) is 4. The number of benzene rings is 3. The quantitative estimate of drug-likeness (QED) is 0.0631. The van der Waals surface area contributed by atoms with Crippen LogP contribution in [0.3, 0.4) is 0 Å². The van der Waals surface area contributed by atoms with Crippen LogP contribution in [0.2, 0.25) is 0 Å². The van der Waals surface area contributed by atoms with Gasteiger partial charge in [0.2, 0.25) is 18.2 Å². The number of thiazole rings is 1. The lowest BCUT2D eigenvalue weighted by Gasteiger charge is -2.34. The molecule has 6 atom stereocenters. The van der Waals surface area contributed by atoms with Gasteiger partial charge in [0.1, 0.15) is 35.1 Å². The second-order valence-corrected chi connectivity index (χ2v) is 23.0. The summed E-state index contributed by atoms with van der Waals surface area (Å²) in [5, 5.41) is 36.3. The standard InChI is InChI=1S/C26H21F2N5O2.C18H28N4O3.C13H14N2OS.C4H10/c1-3-17-20(27)7-4-13-8-16(34)9-18(21(13)17)23-22(28)24-19(10-29-23)25(32-26(31-24)35-2)33-11-14-5-6-15(12-33)30-14;19-10-14-5-8-20(11-14)7-1-2-15-3-4-17(24)22(15)13-18(25)21-9-6-16(23)12-21;1-9(14-7-16)11-3-5-12(6-4-11)13-10(2)15-8-17-13;1-4(2)3/h1,4,7-10,14-15,30,34H,5-6,11-12H2,2H3;14-16,23H,1-9,11-13H2;3-9H,1-2H3,(H,14,16);4H,1-3H3. The highest BCUT2D eigenvalue weighted by Gasteiger charge is 2.36. The summed E-state index contributed by atoms with van der Waals surface area (Å²) in [6, 6.07) is 16.9. The molecule has 6 unspecified atom stereocenters. The first-order chi connectivity index (χ1) is 39.0. The van der Waals surface area contributed by atoms with Gasteiger partial charge >= 0.3 is 6.01 Å². The van der Waals surface area contributed by atoms with E-state index in [1.807, 2.05) is 31.5 Å². The van der Waals surface area contributed by atoms with E-state index in [0.29, 0.717) is 54.6 Å². The number of ether oxygens (including phenoxy) is 1. The minimum Gasteiger partial charge on any atom is -0.508 e. The molecule has 20 heteroatoms. The number of aryl methyl sites for hydroxylation is 1. The number of nitriles is 1. The third kappa shape index (κ3) is 14.6. The number of nitrogens with one attached hydrogen (secondary N) is 2. The number of terminal acetylenes is 1. The summed E-state index contributed by atoms with van der Waals surface area (Å²) in [5.74, 6) is 2.45. The Morgan fingerprint density at radius 2 is 1.74 bits per heavy atom. The van der Waals surface area contributed by atoms with E-state index in [9.17, 15) is 29.0 Å². The first-order valence-corrected chi connectivity index (χ1v) is 28.8. The van der Waals surface area contributed by atoms with E-state index in [1.165, 1.54) is 48.0 Å². The van der Waals surface area contributed by atoms with Crippen molar-refractivity contribution >= 4 is 57.1 Å². The zero-order chi connectivity index (χ0) is 57.9. The fourth-order valence-electron chi connectivity index (χ4n) is 11.2. The van der Waals surface area contributed by atoms with Crippen LogP contribution < -0.4 is 20.3 Å². The predicted molar refractivity (Wildman–Crippen MR) is 310 cm³/mol. The number of phenols is 1. The molecule has 5 saturated heterocycles. The highest BCUT2D eigenvalue weighted by molar-refractivity contribution is 7.13. The first-order valence-electron chi connectivity index (χ1n) is 27.9. The van der Waals surface area contributed by atoms with Crippen molar-refractivity contribution in [2.45, 2.75) is 116 Å². The molecule has 17 nitrogen and oxygen atoms in total. The number of nitrogens with zero attached hydrogens (tertiary/aromatic N) is 9. The Bertz CT molecular complexity index is 3260. The van der Waals surface area contributed by atoms with Gasteiger partial charge in [-0.25, -0.2) is 13.8 Å². The van der Waals surface area contributed by atoms with Gasteiger partial charge in [0.15, 0.2) is 5.82 Å². The minimum absolute atomic E-state index is 0.0258. The maximum absolute atomic E-state index is 16.1. The molecule has 5 aliphatic rings. The largest absolute Gasteiger partial charge is 0.508 e. The number of anilines is 1. The number of phenolic OH excluding ortho intramolecular Hbond substituents is 1. The molecule has 6 aromatic rings. The molecule has 5 fully saturated rings. The molecule has 428 valence electrons. The number of pyridine rings is 1. The summed E-state index contributed by atoms with van der Waals surface area (Å²) in [6.45, 7) is 15.9.